The molecule has 0 spiro atoms. The van der Waals surface area contributed by atoms with E-state index < -0.39 is 10.0 Å². The van der Waals surface area contributed by atoms with Gasteiger partial charge < -0.3 is 9.64 Å². The zero-order valence-corrected chi connectivity index (χ0v) is 15.4. The van der Waals surface area contributed by atoms with Crippen LogP contribution in [0, 0.1) is 11.8 Å². The van der Waals surface area contributed by atoms with E-state index in [0.717, 1.165) is 18.7 Å². The van der Waals surface area contributed by atoms with Crippen LogP contribution in [0.25, 0.3) is 4.91 Å². The molecule has 0 radical (unpaired) electrons. The van der Waals surface area contributed by atoms with Crippen molar-refractivity contribution < 1.29 is 13.2 Å². The number of likely N-dealkylation sites (tertiary alicyclic amines) is 1. The molecule has 24 heavy (non-hydrogen) atoms. The molecule has 0 bridgehead atoms. The van der Waals surface area contributed by atoms with Crippen molar-refractivity contribution >= 4 is 20.8 Å². The SMILES string of the molecule is COc1ccc(C2=C(C)C(N3C[C@H](C)C[C@@H](C)C3)=NS2(=O)=O)cc1. The lowest BCUT2D eigenvalue weighted by Gasteiger charge is -2.36. The van der Waals surface area contributed by atoms with Gasteiger partial charge in [-0.25, -0.2) is 0 Å². The zero-order chi connectivity index (χ0) is 17.5. The predicted octanol–water partition coefficient (Wildman–Crippen LogP) is 3.15. The summed E-state index contributed by atoms with van der Waals surface area (Å²) in [6.45, 7) is 7.97. The van der Waals surface area contributed by atoms with Gasteiger partial charge in [-0.15, -0.1) is 4.40 Å². The third-order valence-electron chi connectivity index (χ3n) is 4.66. The molecule has 0 unspecified atom stereocenters. The number of ether oxygens (including phenoxy) is 1. The van der Waals surface area contributed by atoms with E-state index in [1.54, 1.807) is 31.4 Å². The van der Waals surface area contributed by atoms with Crippen molar-refractivity contribution in [3.8, 4) is 5.75 Å². The van der Waals surface area contributed by atoms with Crippen molar-refractivity contribution in [2.24, 2.45) is 16.2 Å². The quantitative estimate of drug-likeness (QED) is 0.824. The Morgan fingerprint density at radius 3 is 2.25 bits per heavy atom. The van der Waals surface area contributed by atoms with Crippen LogP contribution in [0.5, 0.6) is 5.75 Å². The van der Waals surface area contributed by atoms with Gasteiger partial charge in [0.15, 0.2) is 0 Å². The lowest BCUT2D eigenvalue weighted by atomic mass is 9.91. The standard InChI is InChI=1S/C18H24N2O3S/c1-12-9-13(2)11-20(10-12)18-14(3)17(24(21,22)19-18)15-5-7-16(23-4)8-6-15/h5-8,12-13H,9-11H2,1-4H3/t12-,13-/m1/s1. The summed E-state index contributed by atoms with van der Waals surface area (Å²) < 4.78 is 34.5. The fourth-order valence-electron chi connectivity index (χ4n) is 3.76. The molecule has 0 N–H and O–H groups in total. The number of nitrogens with zero attached hydrogens (tertiary/aromatic N) is 2. The summed E-state index contributed by atoms with van der Waals surface area (Å²) in [7, 11) is -2.07. The molecule has 1 aromatic rings. The molecule has 1 saturated heterocycles. The Morgan fingerprint density at radius 2 is 1.71 bits per heavy atom. The lowest BCUT2D eigenvalue weighted by molar-refractivity contribution is 0.214. The third-order valence-corrected chi connectivity index (χ3v) is 6.13. The largest absolute Gasteiger partial charge is 0.497 e. The summed E-state index contributed by atoms with van der Waals surface area (Å²) in [5.74, 6) is 2.39. The first-order valence-corrected chi connectivity index (χ1v) is 9.71. The summed E-state index contributed by atoms with van der Waals surface area (Å²) >= 11 is 0. The molecule has 1 aromatic carbocycles. The Hall–Kier alpha value is -1.82. The Kier molecular flexibility index (Phi) is 4.42. The van der Waals surface area contributed by atoms with Crippen LogP contribution >= 0.6 is 0 Å². The minimum atomic E-state index is -3.66. The van der Waals surface area contributed by atoms with Crippen LogP contribution in [0.3, 0.4) is 0 Å². The molecule has 130 valence electrons. The maximum atomic E-state index is 12.6. The third kappa shape index (κ3) is 3.07. The maximum Gasteiger partial charge on any atom is 0.285 e. The van der Waals surface area contributed by atoms with E-state index >= 15 is 0 Å². The van der Waals surface area contributed by atoms with Gasteiger partial charge in [0.25, 0.3) is 10.0 Å². The van der Waals surface area contributed by atoms with Crippen LogP contribution in [-0.4, -0.2) is 39.4 Å². The molecular formula is C18H24N2O3S. The summed E-state index contributed by atoms with van der Waals surface area (Å²) in [6.07, 6.45) is 1.17. The maximum absolute atomic E-state index is 12.6. The fraction of sp³-hybridized carbons (Fsp3) is 0.500. The van der Waals surface area contributed by atoms with E-state index in [2.05, 4.69) is 23.1 Å². The van der Waals surface area contributed by atoms with Gasteiger partial charge in [-0.3, -0.25) is 0 Å². The summed E-state index contributed by atoms with van der Waals surface area (Å²) in [5, 5.41) is 0. The minimum absolute atomic E-state index is 0.311. The van der Waals surface area contributed by atoms with Crippen LogP contribution in [0.1, 0.15) is 32.8 Å². The second kappa shape index (κ2) is 6.24. The molecule has 2 atom stereocenters. The highest BCUT2D eigenvalue weighted by atomic mass is 32.2. The van der Waals surface area contributed by atoms with Crippen molar-refractivity contribution in [1.82, 2.24) is 4.90 Å². The van der Waals surface area contributed by atoms with E-state index in [-0.39, 0.29) is 0 Å². The van der Waals surface area contributed by atoms with Crippen molar-refractivity contribution in [1.29, 1.82) is 0 Å². The topological polar surface area (TPSA) is 59.0 Å². The molecule has 0 saturated carbocycles. The zero-order valence-electron chi connectivity index (χ0n) is 14.6. The van der Waals surface area contributed by atoms with Crippen molar-refractivity contribution in [2.75, 3.05) is 20.2 Å². The van der Waals surface area contributed by atoms with Crippen molar-refractivity contribution in [3.05, 3.63) is 35.4 Å². The van der Waals surface area contributed by atoms with E-state index in [1.165, 1.54) is 6.42 Å². The van der Waals surface area contributed by atoms with Crippen LogP contribution < -0.4 is 4.74 Å². The van der Waals surface area contributed by atoms with Crippen LogP contribution in [0.4, 0.5) is 0 Å². The first-order valence-electron chi connectivity index (χ1n) is 8.27. The number of amidine groups is 1. The second-order valence-corrected chi connectivity index (χ2v) is 8.46. The molecule has 0 aromatic heterocycles. The molecular weight excluding hydrogens is 324 g/mol. The molecule has 5 nitrogen and oxygen atoms in total. The molecule has 1 fully saturated rings. The van der Waals surface area contributed by atoms with Gasteiger partial charge in [0.05, 0.1) is 7.11 Å². The van der Waals surface area contributed by atoms with E-state index in [1.807, 2.05) is 6.92 Å². The Bertz CT molecular complexity index is 784. The molecule has 0 aliphatic carbocycles. The van der Waals surface area contributed by atoms with E-state index in [4.69, 9.17) is 4.74 Å². The molecule has 3 rings (SSSR count). The Balaban J connectivity index is 1.99. The van der Waals surface area contributed by atoms with E-state index in [9.17, 15) is 8.42 Å². The van der Waals surface area contributed by atoms with Gasteiger partial charge in [0.2, 0.25) is 0 Å². The monoisotopic (exact) mass is 348 g/mol. The van der Waals surface area contributed by atoms with Crippen LogP contribution in [-0.2, 0) is 10.0 Å². The number of methoxy groups -OCH3 is 1. The highest BCUT2D eigenvalue weighted by molar-refractivity contribution is 8.00. The molecule has 2 aliphatic heterocycles. The van der Waals surface area contributed by atoms with Crippen molar-refractivity contribution in [3.63, 3.8) is 0 Å². The number of piperidine rings is 1. The number of hydrogen-bond donors (Lipinski definition) is 0. The minimum Gasteiger partial charge on any atom is -0.497 e. The van der Waals surface area contributed by atoms with Gasteiger partial charge in [0.1, 0.15) is 16.5 Å². The Morgan fingerprint density at radius 1 is 1.12 bits per heavy atom. The average Bonchev–Trinajstić information content (AvgIpc) is 2.76. The smallest absolute Gasteiger partial charge is 0.285 e. The molecule has 0 amide bonds. The van der Waals surface area contributed by atoms with Gasteiger partial charge in [-0.1, -0.05) is 13.8 Å². The highest BCUT2D eigenvalue weighted by Gasteiger charge is 2.35. The summed E-state index contributed by atoms with van der Waals surface area (Å²) in [4.78, 5) is 2.44. The average molecular weight is 348 g/mol. The summed E-state index contributed by atoms with van der Waals surface area (Å²) in [5.41, 5.74) is 1.40. The Labute approximate surface area is 144 Å². The van der Waals surface area contributed by atoms with E-state index in [0.29, 0.717) is 33.9 Å². The summed E-state index contributed by atoms with van der Waals surface area (Å²) in [6, 6.07) is 7.09. The molecule has 6 heteroatoms. The number of rotatable bonds is 2. The number of benzene rings is 1. The van der Waals surface area contributed by atoms with Gasteiger partial charge in [-0.2, -0.15) is 8.42 Å². The second-order valence-electron chi connectivity index (χ2n) is 6.92. The molecule has 2 aliphatic rings. The van der Waals surface area contributed by atoms with Gasteiger partial charge in [-0.05, 0) is 55.0 Å². The van der Waals surface area contributed by atoms with Crippen molar-refractivity contribution in [2.45, 2.75) is 27.2 Å². The predicted molar refractivity (Wildman–Crippen MR) is 96.5 cm³/mol. The highest BCUT2D eigenvalue weighted by Crippen LogP contribution is 2.35. The number of sulfonamides is 1. The van der Waals surface area contributed by atoms with Gasteiger partial charge >= 0.3 is 0 Å². The molecule has 2 heterocycles. The number of hydrogen-bond acceptors (Lipinski definition) is 4. The van der Waals surface area contributed by atoms with Gasteiger partial charge in [0, 0.05) is 18.7 Å². The van der Waals surface area contributed by atoms with Crippen LogP contribution in [0.15, 0.2) is 34.2 Å². The fourth-order valence-corrected chi connectivity index (χ4v) is 5.25. The van der Waals surface area contributed by atoms with Crippen LogP contribution in [0.2, 0.25) is 0 Å². The first-order chi connectivity index (χ1) is 11.3. The first kappa shape index (κ1) is 17.0. The normalized spacial score (nSPS) is 26.5. The lowest BCUT2D eigenvalue weighted by Crippen LogP contribution is -2.42.